The van der Waals surface area contributed by atoms with Crippen LogP contribution in [0.4, 0.5) is 10.1 Å². The fraction of sp³-hybridized carbons (Fsp3) is 0.562. The molecule has 0 radical (unpaired) electrons. The third-order valence-electron chi connectivity index (χ3n) is 4.22. The Bertz CT molecular complexity index is 536. The minimum atomic E-state index is -0.278. The van der Waals surface area contributed by atoms with Gasteiger partial charge in [0.25, 0.3) is 0 Å². The van der Waals surface area contributed by atoms with Gasteiger partial charge in [0, 0.05) is 25.3 Å². The first-order valence-corrected chi connectivity index (χ1v) is 7.86. The summed E-state index contributed by atoms with van der Waals surface area (Å²) in [7, 11) is 0. The molecule has 2 N–H and O–H groups in total. The van der Waals surface area contributed by atoms with E-state index >= 15 is 0 Å². The molecule has 1 unspecified atom stereocenters. The number of halogens is 3. The van der Waals surface area contributed by atoms with Crippen LogP contribution >= 0.6 is 24.8 Å². The molecule has 8 heteroatoms. The molecule has 5 nitrogen and oxygen atoms in total. The van der Waals surface area contributed by atoms with Crippen molar-refractivity contribution >= 4 is 36.4 Å². The first kappa shape index (κ1) is 21.0. The predicted molar refractivity (Wildman–Crippen MR) is 96.8 cm³/mol. The van der Waals surface area contributed by atoms with Crippen LogP contribution in [-0.4, -0.2) is 44.8 Å². The highest BCUT2D eigenvalue weighted by Gasteiger charge is 2.22. The van der Waals surface area contributed by atoms with Crippen molar-refractivity contribution in [3.8, 4) is 0 Å². The Balaban J connectivity index is 0.00000144. The van der Waals surface area contributed by atoms with E-state index in [-0.39, 0.29) is 42.6 Å². The highest BCUT2D eigenvalue weighted by atomic mass is 35.5. The lowest BCUT2D eigenvalue weighted by molar-refractivity contribution is -0.122. The van der Waals surface area contributed by atoms with E-state index in [1.807, 2.05) is 0 Å². The van der Waals surface area contributed by atoms with Gasteiger partial charge in [0.15, 0.2) is 0 Å². The van der Waals surface area contributed by atoms with E-state index in [1.165, 1.54) is 12.1 Å². The number of hydrogen-bond donors (Lipinski definition) is 2. The molecule has 1 aromatic rings. The second kappa shape index (κ2) is 10.0. The fourth-order valence-electron chi connectivity index (χ4n) is 3.02. The molecule has 2 saturated heterocycles. The second-order valence-electron chi connectivity index (χ2n) is 5.74. The third-order valence-corrected chi connectivity index (χ3v) is 4.22. The Morgan fingerprint density at radius 3 is 2.75 bits per heavy atom. The number of amides is 1. The van der Waals surface area contributed by atoms with E-state index in [1.54, 1.807) is 6.07 Å². The van der Waals surface area contributed by atoms with Crippen LogP contribution in [0.2, 0.25) is 0 Å². The molecule has 1 amide bonds. The summed E-state index contributed by atoms with van der Waals surface area (Å²) in [4.78, 5) is 14.3. The number of ether oxygens (including phenoxy) is 1. The van der Waals surface area contributed by atoms with Gasteiger partial charge in [-0.05, 0) is 43.1 Å². The SMILES string of the molecule is Cl.Cl.O=C(NCc1cc(F)ccc1N1CCOCC1)C1CCCN1. The average Bonchev–Trinajstić information content (AvgIpc) is 3.08. The van der Waals surface area contributed by atoms with Gasteiger partial charge in [0.2, 0.25) is 5.91 Å². The molecule has 0 saturated carbocycles. The number of hydrogen-bond acceptors (Lipinski definition) is 4. The summed E-state index contributed by atoms with van der Waals surface area (Å²) in [6.07, 6.45) is 1.89. The van der Waals surface area contributed by atoms with Gasteiger partial charge < -0.3 is 20.3 Å². The van der Waals surface area contributed by atoms with E-state index in [0.717, 1.165) is 43.7 Å². The Kier molecular flexibility index (Phi) is 8.76. The van der Waals surface area contributed by atoms with Crippen molar-refractivity contribution in [2.75, 3.05) is 37.7 Å². The van der Waals surface area contributed by atoms with Crippen molar-refractivity contribution in [3.05, 3.63) is 29.6 Å². The zero-order valence-corrected chi connectivity index (χ0v) is 15.1. The molecule has 1 aromatic carbocycles. The molecule has 136 valence electrons. The van der Waals surface area contributed by atoms with E-state index in [0.29, 0.717) is 19.8 Å². The van der Waals surface area contributed by atoms with Crippen molar-refractivity contribution in [1.29, 1.82) is 0 Å². The molecule has 2 heterocycles. The molecular weight excluding hydrogens is 356 g/mol. The molecule has 2 fully saturated rings. The predicted octanol–water partition coefficient (Wildman–Crippen LogP) is 1.87. The number of nitrogens with one attached hydrogen (secondary N) is 2. The van der Waals surface area contributed by atoms with Gasteiger partial charge in [-0.2, -0.15) is 0 Å². The molecule has 0 aliphatic carbocycles. The van der Waals surface area contributed by atoms with Crippen molar-refractivity contribution in [2.24, 2.45) is 0 Å². The molecule has 2 aliphatic heterocycles. The highest BCUT2D eigenvalue weighted by molar-refractivity contribution is 5.85. The van der Waals surface area contributed by atoms with Crippen LogP contribution in [-0.2, 0) is 16.1 Å². The fourth-order valence-corrected chi connectivity index (χ4v) is 3.02. The van der Waals surface area contributed by atoms with Crippen LogP contribution in [0.1, 0.15) is 18.4 Å². The number of rotatable bonds is 4. The van der Waals surface area contributed by atoms with Gasteiger partial charge in [-0.1, -0.05) is 0 Å². The maximum atomic E-state index is 13.6. The lowest BCUT2D eigenvalue weighted by Crippen LogP contribution is -2.41. The zero-order valence-electron chi connectivity index (χ0n) is 13.4. The van der Waals surface area contributed by atoms with Crippen molar-refractivity contribution < 1.29 is 13.9 Å². The molecule has 24 heavy (non-hydrogen) atoms. The molecule has 0 spiro atoms. The zero-order chi connectivity index (χ0) is 15.4. The molecule has 0 aromatic heterocycles. The van der Waals surface area contributed by atoms with Crippen molar-refractivity contribution in [2.45, 2.75) is 25.4 Å². The summed E-state index contributed by atoms with van der Waals surface area (Å²) in [6, 6.07) is 4.65. The van der Waals surface area contributed by atoms with Gasteiger partial charge in [0.1, 0.15) is 5.82 Å². The molecule has 2 aliphatic rings. The van der Waals surface area contributed by atoms with E-state index in [4.69, 9.17) is 4.74 Å². The first-order chi connectivity index (χ1) is 10.7. The van der Waals surface area contributed by atoms with E-state index < -0.39 is 0 Å². The van der Waals surface area contributed by atoms with E-state index in [9.17, 15) is 9.18 Å². The monoisotopic (exact) mass is 379 g/mol. The van der Waals surface area contributed by atoms with Crippen molar-refractivity contribution in [3.63, 3.8) is 0 Å². The Labute approximate surface area is 154 Å². The topological polar surface area (TPSA) is 53.6 Å². The molecule has 3 rings (SSSR count). The molecular formula is C16H24Cl2FN3O2. The summed E-state index contributed by atoms with van der Waals surface area (Å²) in [5, 5.41) is 6.09. The number of carbonyl (C=O) groups is 1. The Morgan fingerprint density at radius 1 is 1.33 bits per heavy atom. The summed E-state index contributed by atoms with van der Waals surface area (Å²) >= 11 is 0. The van der Waals surface area contributed by atoms with Crippen LogP contribution < -0.4 is 15.5 Å². The molecule has 0 bridgehead atoms. The van der Waals surface area contributed by atoms with Gasteiger partial charge in [-0.3, -0.25) is 4.79 Å². The summed E-state index contributed by atoms with van der Waals surface area (Å²) in [5.41, 5.74) is 1.79. The lowest BCUT2D eigenvalue weighted by atomic mass is 10.1. The first-order valence-electron chi connectivity index (χ1n) is 7.86. The van der Waals surface area contributed by atoms with Crippen LogP contribution in [0.25, 0.3) is 0 Å². The minimum absolute atomic E-state index is 0. The third kappa shape index (κ3) is 5.21. The number of nitrogens with zero attached hydrogens (tertiary/aromatic N) is 1. The number of anilines is 1. The van der Waals surface area contributed by atoms with Gasteiger partial charge in [-0.25, -0.2) is 4.39 Å². The summed E-state index contributed by atoms with van der Waals surface area (Å²) in [5.74, 6) is -0.282. The summed E-state index contributed by atoms with van der Waals surface area (Å²) < 4.78 is 18.9. The average molecular weight is 380 g/mol. The van der Waals surface area contributed by atoms with Gasteiger partial charge in [0.05, 0.1) is 19.3 Å². The van der Waals surface area contributed by atoms with Crippen LogP contribution in [0.15, 0.2) is 18.2 Å². The standard InChI is InChI=1S/C16H22FN3O2.2ClH/c17-13-3-4-15(20-6-8-22-9-7-20)12(10-13)11-19-16(21)14-2-1-5-18-14;;/h3-4,10,14,18H,1-2,5-9,11H2,(H,19,21);2*1H. The number of benzene rings is 1. The largest absolute Gasteiger partial charge is 0.378 e. The Hall–Kier alpha value is -1.08. The smallest absolute Gasteiger partial charge is 0.237 e. The quantitative estimate of drug-likeness (QED) is 0.838. The van der Waals surface area contributed by atoms with Crippen LogP contribution in [0.5, 0.6) is 0 Å². The van der Waals surface area contributed by atoms with Crippen molar-refractivity contribution in [1.82, 2.24) is 10.6 Å². The van der Waals surface area contributed by atoms with Gasteiger partial charge in [-0.15, -0.1) is 24.8 Å². The normalized spacial score (nSPS) is 20.0. The maximum absolute atomic E-state index is 13.6. The Morgan fingerprint density at radius 2 is 2.08 bits per heavy atom. The molecule has 1 atom stereocenters. The van der Waals surface area contributed by atoms with Crippen LogP contribution in [0.3, 0.4) is 0 Å². The van der Waals surface area contributed by atoms with E-state index in [2.05, 4.69) is 15.5 Å². The summed E-state index contributed by atoms with van der Waals surface area (Å²) in [6.45, 7) is 4.16. The lowest BCUT2D eigenvalue weighted by Gasteiger charge is -2.30. The number of morpholine rings is 1. The second-order valence-corrected chi connectivity index (χ2v) is 5.74. The highest BCUT2D eigenvalue weighted by Crippen LogP contribution is 2.23. The minimum Gasteiger partial charge on any atom is -0.378 e. The number of carbonyl (C=O) groups excluding carboxylic acids is 1. The maximum Gasteiger partial charge on any atom is 0.237 e. The van der Waals surface area contributed by atoms with Gasteiger partial charge >= 0.3 is 0 Å². The van der Waals surface area contributed by atoms with Crippen LogP contribution in [0, 0.1) is 5.82 Å².